The molecule has 0 saturated carbocycles. The van der Waals surface area contributed by atoms with Crippen LogP contribution in [0.3, 0.4) is 0 Å². The summed E-state index contributed by atoms with van der Waals surface area (Å²) in [6.07, 6.45) is 3.28. The van der Waals surface area contributed by atoms with Crippen LogP contribution in [0.15, 0.2) is 34.5 Å². The number of hydrogen-bond acceptors (Lipinski definition) is 5. The second-order valence-corrected chi connectivity index (χ2v) is 5.08. The zero-order valence-electron chi connectivity index (χ0n) is 10.2. The molecular weight excluding hydrogens is 246 g/mol. The fraction of sp³-hybridized carbons (Fsp3) is 0.231. The van der Waals surface area contributed by atoms with E-state index in [0.29, 0.717) is 0 Å². The van der Waals surface area contributed by atoms with Crippen LogP contribution in [0.4, 0.5) is 5.82 Å². The third-order valence-electron chi connectivity index (χ3n) is 2.85. The monoisotopic (exact) mass is 259 g/mol. The Morgan fingerprint density at radius 1 is 1.39 bits per heavy atom. The quantitative estimate of drug-likeness (QED) is 0.778. The van der Waals surface area contributed by atoms with E-state index in [9.17, 15) is 0 Å². The van der Waals surface area contributed by atoms with Crippen molar-refractivity contribution in [2.75, 3.05) is 5.32 Å². The molecule has 3 heterocycles. The average molecular weight is 259 g/mol. The Labute approximate surface area is 109 Å². The van der Waals surface area contributed by atoms with Crippen molar-refractivity contribution in [3.63, 3.8) is 0 Å². The lowest BCUT2D eigenvalue weighted by Gasteiger charge is -2.12. The van der Waals surface area contributed by atoms with Crippen molar-refractivity contribution in [3.05, 3.63) is 41.4 Å². The van der Waals surface area contributed by atoms with Gasteiger partial charge in [0.25, 0.3) is 0 Å². The molecule has 0 aliphatic carbocycles. The highest BCUT2D eigenvalue weighted by molar-refractivity contribution is 7.18. The van der Waals surface area contributed by atoms with E-state index in [1.807, 2.05) is 19.1 Å². The Bertz CT molecular complexity index is 660. The van der Waals surface area contributed by atoms with Gasteiger partial charge in [0.1, 0.15) is 17.9 Å². The second-order valence-electron chi connectivity index (χ2n) is 4.20. The van der Waals surface area contributed by atoms with Crippen molar-refractivity contribution < 1.29 is 4.42 Å². The Morgan fingerprint density at radius 3 is 3.06 bits per heavy atom. The molecule has 0 amide bonds. The molecule has 0 spiro atoms. The molecule has 4 nitrogen and oxygen atoms in total. The predicted molar refractivity (Wildman–Crippen MR) is 72.9 cm³/mol. The molecule has 3 aromatic heterocycles. The number of nitrogens with zero attached hydrogens (tertiary/aromatic N) is 2. The fourth-order valence-electron chi connectivity index (χ4n) is 1.89. The summed E-state index contributed by atoms with van der Waals surface area (Å²) in [5.41, 5.74) is 2.20. The third-order valence-corrected chi connectivity index (χ3v) is 3.95. The molecule has 0 aromatic carbocycles. The fourth-order valence-corrected chi connectivity index (χ4v) is 2.84. The van der Waals surface area contributed by atoms with E-state index < -0.39 is 0 Å². The van der Waals surface area contributed by atoms with Crippen LogP contribution in [0.25, 0.3) is 10.2 Å². The van der Waals surface area contributed by atoms with E-state index >= 15 is 0 Å². The zero-order chi connectivity index (χ0) is 12.5. The van der Waals surface area contributed by atoms with Gasteiger partial charge in [0.15, 0.2) is 0 Å². The number of hydrogen-bond donors (Lipinski definition) is 1. The van der Waals surface area contributed by atoms with Crippen molar-refractivity contribution in [1.29, 1.82) is 0 Å². The summed E-state index contributed by atoms with van der Waals surface area (Å²) in [7, 11) is 0. The van der Waals surface area contributed by atoms with Crippen molar-refractivity contribution in [2.24, 2.45) is 0 Å². The molecular formula is C13H13N3OS. The molecule has 3 aromatic rings. The van der Waals surface area contributed by atoms with E-state index in [-0.39, 0.29) is 6.04 Å². The van der Waals surface area contributed by atoms with Crippen LogP contribution in [-0.2, 0) is 0 Å². The number of nitrogens with one attached hydrogen (secondary N) is 1. The number of aryl methyl sites for hydroxylation is 1. The molecule has 0 saturated heterocycles. The summed E-state index contributed by atoms with van der Waals surface area (Å²) < 4.78 is 6.47. The standard InChI is InChI=1S/C13H13N3OS/c1-8-6-18-12-11(8)14-7-15-13(12)16-9(2)10-4-3-5-17-10/h3-7,9H,1-2H3,(H,14,15,16). The van der Waals surface area contributed by atoms with Gasteiger partial charge in [-0.05, 0) is 36.9 Å². The van der Waals surface area contributed by atoms with Crippen LogP contribution < -0.4 is 5.32 Å². The lowest BCUT2D eigenvalue weighted by molar-refractivity contribution is 0.490. The number of rotatable bonds is 3. The van der Waals surface area contributed by atoms with E-state index in [1.54, 1.807) is 23.9 Å². The maximum absolute atomic E-state index is 5.38. The van der Waals surface area contributed by atoms with Gasteiger partial charge in [-0.15, -0.1) is 11.3 Å². The Morgan fingerprint density at radius 2 is 2.28 bits per heavy atom. The van der Waals surface area contributed by atoms with Crippen molar-refractivity contribution in [3.8, 4) is 0 Å². The highest BCUT2D eigenvalue weighted by Gasteiger charge is 2.13. The summed E-state index contributed by atoms with van der Waals surface area (Å²) in [4.78, 5) is 8.62. The Kier molecular flexibility index (Phi) is 2.76. The van der Waals surface area contributed by atoms with E-state index in [1.165, 1.54) is 5.56 Å². The predicted octanol–water partition coefficient (Wildman–Crippen LogP) is 3.77. The maximum atomic E-state index is 5.38. The molecule has 18 heavy (non-hydrogen) atoms. The van der Waals surface area contributed by atoms with Gasteiger partial charge in [0.05, 0.1) is 22.5 Å². The summed E-state index contributed by atoms with van der Waals surface area (Å²) >= 11 is 1.66. The van der Waals surface area contributed by atoms with Crippen LogP contribution in [0, 0.1) is 6.92 Å². The number of aromatic nitrogens is 2. The first kappa shape index (κ1) is 11.2. The van der Waals surface area contributed by atoms with Gasteiger partial charge < -0.3 is 9.73 Å². The molecule has 1 unspecified atom stereocenters. The molecule has 0 radical (unpaired) electrons. The average Bonchev–Trinajstić information content (AvgIpc) is 3.00. The summed E-state index contributed by atoms with van der Waals surface area (Å²) in [5, 5.41) is 5.47. The number of thiophene rings is 1. The van der Waals surface area contributed by atoms with Crippen molar-refractivity contribution in [1.82, 2.24) is 9.97 Å². The van der Waals surface area contributed by atoms with Gasteiger partial charge in [0.2, 0.25) is 0 Å². The van der Waals surface area contributed by atoms with Crippen LogP contribution in [0.1, 0.15) is 24.3 Å². The largest absolute Gasteiger partial charge is 0.467 e. The van der Waals surface area contributed by atoms with E-state index in [0.717, 1.165) is 21.8 Å². The number of anilines is 1. The van der Waals surface area contributed by atoms with Gasteiger partial charge in [-0.1, -0.05) is 0 Å². The van der Waals surface area contributed by atoms with Gasteiger partial charge >= 0.3 is 0 Å². The maximum Gasteiger partial charge on any atom is 0.148 e. The number of furan rings is 1. The summed E-state index contributed by atoms with van der Waals surface area (Å²) in [5.74, 6) is 1.76. The molecule has 1 atom stereocenters. The van der Waals surface area contributed by atoms with Gasteiger partial charge in [-0.2, -0.15) is 0 Å². The van der Waals surface area contributed by atoms with Gasteiger partial charge in [-0.25, -0.2) is 9.97 Å². The van der Waals surface area contributed by atoms with E-state index in [2.05, 4.69) is 27.6 Å². The Hall–Kier alpha value is -1.88. The molecule has 0 fully saturated rings. The zero-order valence-corrected chi connectivity index (χ0v) is 11.0. The molecule has 0 aliphatic heterocycles. The Balaban J connectivity index is 1.95. The highest BCUT2D eigenvalue weighted by atomic mass is 32.1. The lowest BCUT2D eigenvalue weighted by atomic mass is 10.2. The minimum atomic E-state index is 0.0838. The second kappa shape index (κ2) is 4.42. The lowest BCUT2D eigenvalue weighted by Crippen LogP contribution is -2.07. The molecule has 92 valence electrons. The molecule has 1 N–H and O–H groups in total. The van der Waals surface area contributed by atoms with Crippen molar-refractivity contribution >= 4 is 27.4 Å². The van der Waals surface area contributed by atoms with Gasteiger partial charge in [-0.3, -0.25) is 0 Å². The minimum Gasteiger partial charge on any atom is -0.467 e. The van der Waals surface area contributed by atoms with Crippen LogP contribution >= 0.6 is 11.3 Å². The first-order chi connectivity index (χ1) is 8.75. The molecule has 0 aliphatic rings. The van der Waals surface area contributed by atoms with Gasteiger partial charge in [0, 0.05) is 0 Å². The first-order valence-electron chi connectivity index (χ1n) is 5.74. The normalized spacial score (nSPS) is 12.8. The minimum absolute atomic E-state index is 0.0838. The SMILES string of the molecule is Cc1csc2c(NC(C)c3ccco3)ncnc12. The smallest absolute Gasteiger partial charge is 0.148 e. The van der Waals surface area contributed by atoms with Crippen LogP contribution in [-0.4, -0.2) is 9.97 Å². The molecule has 0 bridgehead atoms. The first-order valence-corrected chi connectivity index (χ1v) is 6.62. The van der Waals surface area contributed by atoms with E-state index in [4.69, 9.17) is 4.42 Å². The third kappa shape index (κ3) is 1.86. The molecule has 3 rings (SSSR count). The number of fused-ring (bicyclic) bond motifs is 1. The van der Waals surface area contributed by atoms with Crippen molar-refractivity contribution in [2.45, 2.75) is 19.9 Å². The highest BCUT2D eigenvalue weighted by Crippen LogP contribution is 2.30. The van der Waals surface area contributed by atoms with Crippen LogP contribution in [0.2, 0.25) is 0 Å². The summed E-state index contributed by atoms with van der Waals surface area (Å²) in [6.45, 7) is 4.11. The molecule has 5 heteroatoms. The summed E-state index contributed by atoms with van der Waals surface area (Å²) in [6, 6.07) is 3.93. The van der Waals surface area contributed by atoms with Crippen LogP contribution in [0.5, 0.6) is 0 Å². The topological polar surface area (TPSA) is 51.0 Å².